The molecule has 1 aliphatic rings. The fourth-order valence-electron chi connectivity index (χ4n) is 2.46. The minimum atomic E-state index is 0.0378. The van der Waals surface area contributed by atoms with Crippen molar-refractivity contribution in [2.45, 2.75) is 17.9 Å². The number of rotatable bonds is 4. The van der Waals surface area contributed by atoms with Gasteiger partial charge >= 0.3 is 0 Å². The highest BCUT2D eigenvalue weighted by Gasteiger charge is 2.20. The van der Waals surface area contributed by atoms with Crippen LogP contribution in [-0.4, -0.2) is 13.2 Å². The number of benzene rings is 2. The van der Waals surface area contributed by atoms with E-state index < -0.39 is 0 Å². The van der Waals surface area contributed by atoms with Gasteiger partial charge in [-0.25, -0.2) is 0 Å². The maximum absolute atomic E-state index is 5.86. The van der Waals surface area contributed by atoms with E-state index in [1.165, 1.54) is 16.7 Å². The van der Waals surface area contributed by atoms with Crippen LogP contribution in [0.3, 0.4) is 0 Å². The van der Waals surface area contributed by atoms with Gasteiger partial charge in [-0.15, -0.1) is 0 Å². The summed E-state index contributed by atoms with van der Waals surface area (Å²) in [5.41, 5.74) is 3.88. The molecule has 0 amide bonds. The topological polar surface area (TPSA) is 18.5 Å². The van der Waals surface area contributed by atoms with E-state index in [4.69, 9.17) is 9.47 Å². The van der Waals surface area contributed by atoms with Crippen LogP contribution in [0.2, 0.25) is 0 Å². The summed E-state index contributed by atoms with van der Waals surface area (Å²) < 4.78 is 11.7. The van der Waals surface area contributed by atoms with Crippen LogP contribution in [0.25, 0.3) is 0 Å². The van der Waals surface area contributed by atoms with Crippen molar-refractivity contribution >= 4 is 15.9 Å². The average Bonchev–Trinajstić information content (AvgIpc) is 2.53. The van der Waals surface area contributed by atoms with Crippen LogP contribution in [0.1, 0.15) is 22.8 Å². The second kappa shape index (κ2) is 6.42. The molecule has 0 spiro atoms. The van der Waals surface area contributed by atoms with Crippen molar-refractivity contribution in [3.63, 3.8) is 0 Å². The molecule has 1 unspecified atom stereocenters. The van der Waals surface area contributed by atoms with Gasteiger partial charge in [0.25, 0.3) is 0 Å². The van der Waals surface area contributed by atoms with Crippen molar-refractivity contribution < 1.29 is 9.47 Å². The molecule has 2 nitrogen and oxygen atoms in total. The minimum absolute atomic E-state index is 0.0378. The van der Waals surface area contributed by atoms with Crippen LogP contribution in [-0.2, 0) is 16.5 Å². The molecule has 3 rings (SSSR count). The molecular weight excluding hydrogens is 316 g/mol. The molecule has 0 saturated carbocycles. The third-order valence-electron chi connectivity index (χ3n) is 3.57. The Hall–Kier alpha value is -1.32. The minimum Gasteiger partial charge on any atom is -0.491 e. The fourth-order valence-corrected chi connectivity index (χ4v) is 2.84. The summed E-state index contributed by atoms with van der Waals surface area (Å²) in [5.74, 6) is 0.890. The molecule has 0 saturated heterocycles. The lowest BCUT2D eigenvalue weighted by Crippen LogP contribution is -2.21. The summed E-state index contributed by atoms with van der Waals surface area (Å²) >= 11 is 3.44. The lowest BCUT2D eigenvalue weighted by atomic mass is 9.98. The molecule has 20 heavy (non-hydrogen) atoms. The maximum atomic E-state index is 5.86. The summed E-state index contributed by atoms with van der Waals surface area (Å²) in [7, 11) is 0. The first-order valence-electron chi connectivity index (χ1n) is 6.84. The second-order valence-corrected chi connectivity index (χ2v) is 5.46. The monoisotopic (exact) mass is 332 g/mol. The molecule has 1 aliphatic heterocycles. The van der Waals surface area contributed by atoms with Gasteiger partial charge in [0.2, 0.25) is 0 Å². The van der Waals surface area contributed by atoms with Crippen molar-refractivity contribution in [2.75, 3.05) is 13.2 Å². The van der Waals surface area contributed by atoms with E-state index in [2.05, 4.69) is 52.3 Å². The third-order valence-corrected chi connectivity index (χ3v) is 4.22. The third kappa shape index (κ3) is 3.05. The van der Waals surface area contributed by atoms with Crippen molar-refractivity contribution in [3.05, 3.63) is 65.2 Å². The first kappa shape index (κ1) is 13.7. The van der Waals surface area contributed by atoms with E-state index in [9.17, 15) is 0 Å². The molecule has 2 aromatic rings. The van der Waals surface area contributed by atoms with E-state index in [0.717, 1.165) is 24.1 Å². The maximum Gasteiger partial charge on any atom is 0.119 e. The Bertz CT molecular complexity index is 565. The Balaban J connectivity index is 1.66. The molecule has 0 fully saturated rings. The van der Waals surface area contributed by atoms with Crippen LogP contribution in [0, 0.1) is 0 Å². The number of fused-ring (bicyclic) bond motifs is 1. The molecule has 0 aliphatic carbocycles. The molecular formula is C17H17BrO2. The molecule has 0 radical (unpaired) electrons. The van der Waals surface area contributed by atoms with Gasteiger partial charge in [-0.3, -0.25) is 0 Å². The summed E-state index contributed by atoms with van der Waals surface area (Å²) in [5, 5.41) is 0.867. The van der Waals surface area contributed by atoms with Gasteiger partial charge in [0, 0.05) is 5.33 Å². The van der Waals surface area contributed by atoms with Gasteiger partial charge in [-0.05, 0) is 35.2 Å². The van der Waals surface area contributed by atoms with Crippen LogP contribution >= 0.6 is 15.9 Å². The van der Waals surface area contributed by atoms with Gasteiger partial charge in [-0.2, -0.15) is 0 Å². The summed E-state index contributed by atoms with van der Waals surface area (Å²) in [6.45, 7) is 1.33. The number of hydrogen-bond donors (Lipinski definition) is 0. The smallest absolute Gasteiger partial charge is 0.119 e. The Labute approximate surface area is 127 Å². The Morgan fingerprint density at radius 1 is 1.10 bits per heavy atom. The zero-order chi connectivity index (χ0) is 13.8. The Morgan fingerprint density at radius 3 is 2.70 bits per heavy atom. The zero-order valence-corrected chi connectivity index (χ0v) is 12.8. The van der Waals surface area contributed by atoms with Crippen molar-refractivity contribution in [1.82, 2.24) is 0 Å². The number of ether oxygens (including phenoxy) is 2. The van der Waals surface area contributed by atoms with Crippen LogP contribution < -0.4 is 4.74 Å². The van der Waals surface area contributed by atoms with E-state index in [0.29, 0.717) is 6.61 Å². The van der Waals surface area contributed by atoms with Crippen LogP contribution in [0.5, 0.6) is 5.75 Å². The molecule has 1 atom stereocenters. The zero-order valence-electron chi connectivity index (χ0n) is 11.2. The number of halogens is 1. The highest BCUT2D eigenvalue weighted by molar-refractivity contribution is 9.08. The molecule has 3 heteroatoms. The van der Waals surface area contributed by atoms with E-state index >= 15 is 0 Å². The number of alkyl halides is 1. The van der Waals surface area contributed by atoms with Gasteiger partial charge in [-0.1, -0.05) is 52.3 Å². The lowest BCUT2D eigenvalue weighted by molar-refractivity contribution is 0.0102. The molecule has 0 bridgehead atoms. The highest BCUT2D eigenvalue weighted by atomic mass is 79.9. The van der Waals surface area contributed by atoms with Crippen LogP contribution in [0.15, 0.2) is 48.5 Å². The largest absolute Gasteiger partial charge is 0.491 e. The van der Waals surface area contributed by atoms with Gasteiger partial charge in [0.1, 0.15) is 18.5 Å². The van der Waals surface area contributed by atoms with Gasteiger partial charge < -0.3 is 9.47 Å². The van der Waals surface area contributed by atoms with E-state index in [1.54, 1.807) is 0 Å². The molecule has 104 valence electrons. The van der Waals surface area contributed by atoms with Crippen molar-refractivity contribution in [1.29, 1.82) is 0 Å². The molecule has 2 aromatic carbocycles. The quantitative estimate of drug-likeness (QED) is 0.778. The summed E-state index contributed by atoms with van der Waals surface area (Å²) in [4.78, 5) is 0. The van der Waals surface area contributed by atoms with Crippen molar-refractivity contribution in [3.8, 4) is 5.75 Å². The first-order chi connectivity index (χ1) is 9.86. The predicted octanol–water partition coefficient (Wildman–Crippen LogP) is 4.27. The molecule has 0 aromatic heterocycles. The Kier molecular flexibility index (Phi) is 4.38. The second-order valence-electron chi connectivity index (χ2n) is 4.90. The molecule has 1 heterocycles. The van der Waals surface area contributed by atoms with Gasteiger partial charge in [0.05, 0.1) is 6.61 Å². The Morgan fingerprint density at radius 2 is 1.90 bits per heavy atom. The van der Waals surface area contributed by atoms with Crippen molar-refractivity contribution in [2.24, 2.45) is 0 Å². The number of hydrogen-bond acceptors (Lipinski definition) is 2. The highest BCUT2D eigenvalue weighted by Crippen LogP contribution is 2.27. The van der Waals surface area contributed by atoms with Crippen LogP contribution in [0.4, 0.5) is 0 Å². The SMILES string of the molecule is BrCc1ccc(OCC2OCCc3ccccc32)cc1. The van der Waals surface area contributed by atoms with E-state index in [-0.39, 0.29) is 6.10 Å². The summed E-state index contributed by atoms with van der Waals surface area (Å²) in [6.07, 6.45) is 1.03. The fraction of sp³-hybridized carbons (Fsp3) is 0.294. The lowest BCUT2D eigenvalue weighted by Gasteiger charge is -2.26. The standard InChI is InChI=1S/C17H17BrO2/c18-11-13-5-7-15(8-6-13)20-12-17-16-4-2-1-3-14(16)9-10-19-17/h1-8,17H,9-12H2. The van der Waals surface area contributed by atoms with E-state index in [1.807, 2.05) is 12.1 Å². The normalized spacial score (nSPS) is 17.6. The van der Waals surface area contributed by atoms with Gasteiger partial charge in [0.15, 0.2) is 0 Å². The first-order valence-corrected chi connectivity index (χ1v) is 7.96. The predicted molar refractivity (Wildman–Crippen MR) is 83.4 cm³/mol. The average molecular weight is 333 g/mol. The molecule has 0 N–H and O–H groups in total. The summed E-state index contributed by atoms with van der Waals surface area (Å²) in [6, 6.07) is 16.6.